The highest BCUT2D eigenvalue weighted by molar-refractivity contribution is 7.91. The molecule has 3 rings (SSSR count). The van der Waals surface area contributed by atoms with Crippen LogP contribution < -0.4 is 5.32 Å². The lowest BCUT2D eigenvalue weighted by atomic mass is 9.95. The molecule has 0 aliphatic carbocycles. The van der Waals surface area contributed by atoms with Gasteiger partial charge in [-0.05, 0) is 36.8 Å². The van der Waals surface area contributed by atoms with Crippen LogP contribution >= 0.6 is 11.6 Å². The van der Waals surface area contributed by atoms with Crippen molar-refractivity contribution in [1.29, 1.82) is 0 Å². The Bertz CT molecular complexity index is 1410. The molecule has 7 nitrogen and oxygen atoms in total. The molecule has 0 aliphatic heterocycles. The van der Waals surface area contributed by atoms with Gasteiger partial charge in [0.05, 0.1) is 28.5 Å². The number of hydrogen-bond acceptors (Lipinski definition) is 5. The highest BCUT2D eigenvalue weighted by atomic mass is 35.5. The molecule has 1 N–H and O–H groups in total. The fourth-order valence-electron chi connectivity index (χ4n) is 3.76. The largest absolute Gasteiger partial charge is 0.416 e. The second-order valence-corrected chi connectivity index (χ2v) is 12.3. The van der Waals surface area contributed by atoms with Crippen LogP contribution in [-0.2, 0) is 34.5 Å². The quantitative estimate of drug-likeness (QED) is 0.424. The topological polar surface area (TPSA) is 94.0 Å². The Morgan fingerprint density at radius 2 is 1.81 bits per heavy atom. The van der Waals surface area contributed by atoms with E-state index in [1.807, 2.05) is 20.8 Å². The predicted molar refractivity (Wildman–Crippen MR) is 134 cm³/mol. The lowest BCUT2D eigenvalue weighted by Crippen LogP contribution is -2.24. The van der Waals surface area contributed by atoms with E-state index in [1.54, 1.807) is 11.5 Å². The highest BCUT2D eigenvalue weighted by Crippen LogP contribution is 2.35. The maximum absolute atomic E-state index is 13.7. The Hall–Kier alpha value is -2.92. The first-order chi connectivity index (χ1) is 17.0. The monoisotopic (exact) mass is 556 g/mol. The van der Waals surface area contributed by atoms with Crippen LogP contribution in [0.2, 0.25) is 5.02 Å². The smallest absolute Gasteiger partial charge is 0.345 e. The van der Waals surface area contributed by atoms with E-state index in [-0.39, 0.29) is 40.0 Å². The molecule has 2 heterocycles. The first-order valence-electron chi connectivity index (χ1n) is 11.4. The summed E-state index contributed by atoms with van der Waals surface area (Å²) >= 11 is 5.82. The summed E-state index contributed by atoms with van der Waals surface area (Å²) in [4.78, 5) is 21.7. The summed E-state index contributed by atoms with van der Waals surface area (Å²) in [5.41, 5.74) is -0.497. The molecule has 0 spiro atoms. The molecule has 0 saturated carbocycles. The van der Waals surface area contributed by atoms with Crippen LogP contribution in [0.1, 0.15) is 66.5 Å². The van der Waals surface area contributed by atoms with Crippen LogP contribution in [0.4, 0.5) is 13.2 Å². The number of pyridine rings is 1. The number of carbonyl (C=O) groups excluding carboxylic acids is 1. The number of nitrogens with one attached hydrogen (secondary N) is 1. The predicted octanol–water partition coefficient (Wildman–Crippen LogP) is 5.33. The van der Waals surface area contributed by atoms with Gasteiger partial charge in [-0.15, -0.1) is 0 Å². The van der Waals surface area contributed by atoms with Crippen LogP contribution in [0.3, 0.4) is 0 Å². The molecule has 1 amide bonds. The van der Waals surface area contributed by atoms with Crippen molar-refractivity contribution in [2.75, 3.05) is 5.75 Å². The van der Waals surface area contributed by atoms with Crippen LogP contribution in [-0.4, -0.2) is 34.6 Å². The van der Waals surface area contributed by atoms with Gasteiger partial charge in [0.25, 0.3) is 5.91 Å². The van der Waals surface area contributed by atoms with Gasteiger partial charge in [0, 0.05) is 28.9 Å². The number of benzene rings is 1. The van der Waals surface area contributed by atoms with Gasteiger partial charge in [-0.25, -0.2) is 13.4 Å². The van der Waals surface area contributed by atoms with Gasteiger partial charge in [0.2, 0.25) is 0 Å². The Morgan fingerprint density at radius 1 is 1.14 bits per heavy atom. The van der Waals surface area contributed by atoms with Crippen LogP contribution in [0.15, 0.2) is 41.4 Å². The van der Waals surface area contributed by atoms with E-state index in [1.165, 1.54) is 37.4 Å². The Balaban J connectivity index is 1.90. The van der Waals surface area contributed by atoms with E-state index in [0.717, 1.165) is 6.07 Å². The molecular weight excluding hydrogens is 529 g/mol. The first kappa shape index (κ1) is 28.6. The molecule has 0 unspecified atom stereocenters. The minimum Gasteiger partial charge on any atom is -0.345 e. The van der Waals surface area contributed by atoms with Crippen molar-refractivity contribution >= 4 is 27.3 Å². The number of aromatic nitrogens is 3. The summed E-state index contributed by atoms with van der Waals surface area (Å²) in [5.74, 6) is -0.130. The summed E-state index contributed by atoms with van der Waals surface area (Å²) in [6.45, 7) is 8.59. The van der Waals surface area contributed by atoms with E-state index >= 15 is 0 Å². The van der Waals surface area contributed by atoms with Crippen molar-refractivity contribution in [2.45, 2.75) is 64.2 Å². The average Bonchev–Trinajstić information content (AvgIpc) is 3.14. The average molecular weight is 557 g/mol. The van der Waals surface area contributed by atoms with E-state index in [4.69, 9.17) is 11.6 Å². The van der Waals surface area contributed by atoms with Gasteiger partial charge < -0.3 is 9.88 Å². The summed E-state index contributed by atoms with van der Waals surface area (Å²) in [5, 5.41) is 2.68. The van der Waals surface area contributed by atoms with Crippen molar-refractivity contribution in [3.63, 3.8) is 0 Å². The minimum atomic E-state index is -4.60. The van der Waals surface area contributed by atoms with E-state index in [0.29, 0.717) is 17.2 Å². The number of carbonyl (C=O) groups is 1. The maximum Gasteiger partial charge on any atom is 0.416 e. The number of amides is 1. The molecule has 0 saturated heterocycles. The number of imidazole rings is 1. The van der Waals surface area contributed by atoms with Gasteiger partial charge >= 0.3 is 6.18 Å². The summed E-state index contributed by atoms with van der Waals surface area (Å²) in [7, 11) is -3.39. The molecule has 0 atom stereocenters. The second-order valence-electron chi connectivity index (χ2n) is 9.58. The van der Waals surface area contributed by atoms with Crippen molar-refractivity contribution in [1.82, 2.24) is 19.9 Å². The molecule has 3 aromatic rings. The molecule has 1 aromatic carbocycles. The molecule has 2 aromatic heterocycles. The molecule has 0 radical (unpaired) electrons. The molecule has 37 heavy (non-hydrogen) atoms. The third kappa shape index (κ3) is 6.51. The molecule has 200 valence electrons. The highest BCUT2D eigenvalue weighted by Gasteiger charge is 2.35. The third-order valence-corrected chi connectivity index (χ3v) is 7.73. The van der Waals surface area contributed by atoms with Crippen LogP contribution in [0, 0.1) is 6.92 Å². The number of hydrogen-bond donors (Lipinski definition) is 1. The minimum absolute atomic E-state index is 0.00109. The number of halogens is 4. The van der Waals surface area contributed by atoms with Crippen molar-refractivity contribution in [3.8, 4) is 0 Å². The molecule has 12 heteroatoms. The summed E-state index contributed by atoms with van der Waals surface area (Å²) in [6.07, 6.45) is -3.36. The Kier molecular flexibility index (Phi) is 8.09. The van der Waals surface area contributed by atoms with Gasteiger partial charge in [0.1, 0.15) is 11.5 Å². The fraction of sp³-hybridized carbons (Fsp3) is 0.400. The lowest BCUT2D eigenvalue weighted by molar-refractivity contribution is -0.138. The molecule has 0 aliphatic rings. The maximum atomic E-state index is 13.7. The molecule has 0 bridgehead atoms. The number of sulfone groups is 1. The van der Waals surface area contributed by atoms with Crippen molar-refractivity contribution in [2.24, 2.45) is 0 Å². The van der Waals surface area contributed by atoms with Gasteiger partial charge in [0.15, 0.2) is 9.84 Å². The van der Waals surface area contributed by atoms with Gasteiger partial charge in [-0.1, -0.05) is 45.4 Å². The zero-order valence-corrected chi connectivity index (χ0v) is 22.6. The molecular formula is C25H28ClF3N4O3S. The van der Waals surface area contributed by atoms with Gasteiger partial charge in [-0.2, -0.15) is 13.2 Å². The summed E-state index contributed by atoms with van der Waals surface area (Å²) in [6, 6.07) is 6.54. The van der Waals surface area contributed by atoms with Crippen molar-refractivity contribution < 1.29 is 26.4 Å². The van der Waals surface area contributed by atoms with E-state index < -0.39 is 32.9 Å². The van der Waals surface area contributed by atoms with Crippen molar-refractivity contribution in [3.05, 3.63) is 75.6 Å². The van der Waals surface area contributed by atoms with E-state index in [9.17, 15) is 26.4 Å². The number of alkyl halides is 3. The zero-order chi connectivity index (χ0) is 27.8. The fourth-order valence-corrected chi connectivity index (χ4v) is 4.75. The third-order valence-electron chi connectivity index (χ3n) is 5.78. The Morgan fingerprint density at radius 3 is 2.35 bits per heavy atom. The molecule has 0 fully saturated rings. The summed E-state index contributed by atoms with van der Waals surface area (Å²) < 4.78 is 66.6. The zero-order valence-electron chi connectivity index (χ0n) is 21.1. The first-order valence-corrected chi connectivity index (χ1v) is 13.5. The van der Waals surface area contributed by atoms with E-state index in [2.05, 4.69) is 15.3 Å². The number of rotatable bonds is 7. The second kappa shape index (κ2) is 10.4. The SMILES string of the molecule is CCS(=O)(=O)c1ccc(CNC(=O)c2nc(C(C)(C)C)n(Cc3ccc(Cl)cc3C(F)(F)F)c2C)nc1. The Labute approximate surface area is 219 Å². The normalized spacial score (nSPS) is 12.6. The standard InChI is InChI=1S/C25H28ClF3N4O3S/c1-6-37(35,36)19-10-9-18(30-13-19)12-31-22(34)21-15(2)33(23(32-21)24(3,4)5)14-16-7-8-17(26)11-20(16)25(27,28)29/h7-11,13H,6,12,14H2,1-5H3,(H,31,34). The van der Waals surface area contributed by atoms with Crippen LogP contribution in [0.5, 0.6) is 0 Å². The van der Waals surface area contributed by atoms with Gasteiger partial charge in [-0.3, -0.25) is 9.78 Å². The number of nitrogens with zero attached hydrogens (tertiary/aromatic N) is 3. The van der Waals surface area contributed by atoms with Crippen LogP contribution in [0.25, 0.3) is 0 Å². The lowest BCUT2D eigenvalue weighted by Gasteiger charge is -2.22.